The van der Waals surface area contributed by atoms with E-state index in [1.807, 2.05) is 0 Å². The van der Waals surface area contributed by atoms with Crippen LogP contribution in [0.15, 0.2) is 41.1 Å². The van der Waals surface area contributed by atoms with Gasteiger partial charge in [-0.3, -0.25) is 0 Å². The monoisotopic (exact) mass is 177 g/mol. The molecule has 2 aromatic rings. The molecule has 2 rings (SSSR count). The second kappa shape index (κ2) is 3.39. The lowest BCUT2D eigenvalue weighted by Gasteiger charge is -1.95. The lowest BCUT2D eigenvalue weighted by atomic mass is 10.1. The van der Waals surface area contributed by atoms with Crippen molar-refractivity contribution in [3.63, 3.8) is 0 Å². The number of hydrogen-bond donors (Lipinski definition) is 0. The number of nitrogens with zero attached hydrogens (tertiary/aromatic N) is 1. The highest BCUT2D eigenvalue weighted by Gasteiger charge is 1.98. The summed E-state index contributed by atoms with van der Waals surface area (Å²) in [6.45, 7) is 0. The second-order valence-corrected chi connectivity index (χ2v) is 2.79. The van der Waals surface area contributed by atoms with Crippen molar-refractivity contribution in [2.24, 2.45) is 0 Å². The van der Waals surface area contributed by atoms with E-state index in [4.69, 9.17) is 0 Å². The van der Waals surface area contributed by atoms with Crippen molar-refractivity contribution in [1.82, 2.24) is 5.16 Å². The largest absolute Gasteiger partial charge is 0.365 e. The fourth-order valence-corrected chi connectivity index (χ4v) is 1.14. The molecular formula is C10H8FNO. The minimum absolute atomic E-state index is 0.219. The minimum Gasteiger partial charge on any atom is -0.365 e. The molecule has 1 aromatic heterocycles. The van der Waals surface area contributed by atoms with Gasteiger partial charge in [-0.15, -0.1) is 0 Å². The summed E-state index contributed by atoms with van der Waals surface area (Å²) in [6.07, 6.45) is 2.20. The van der Waals surface area contributed by atoms with E-state index in [-0.39, 0.29) is 5.82 Å². The minimum atomic E-state index is -0.219. The van der Waals surface area contributed by atoms with Gasteiger partial charge in [0.2, 0.25) is 0 Å². The molecule has 0 bridgehead atoms. The van der Waals surface area contributed by atoms with Crippen molar-refractivity contribution < 1.29 is 8.91 Å². The van der Waals surface area contributed by atoms with Crippen molar-refractivity contribution in [3.8, 4) is 0 Å². The molecule has 0 radical (unpaired) electrons. The van der Waals surface area contributed by atoms with Crippen molar-refractivity contribution in [1.29, 1.82) is 0 Å². The summed E-state index contributed by atoms with van der Waals surface area (Å²) in [7, 11) is 0. The Hall–Kier alpha value is -1.64. The predicted octanol–water partition coefficient (Wildman–Crippen LogP) is 2.40. The Labute approximate surface area is 75.0 Å². The van der Waals surface area contributed by atoms with Crippen LogP contribution in [0.1, 0.15) is 11.3 Å². The number of aromatic nitrogens is 1. The molecule has 0 N–H and O–H groups in total. The number of halogens is 1. The molecule has 0 atom stereocenters. The highest BCUT2D eigenvalue weighted by molar-refractivity contribution is 5.20. The summed E-state index contributed by atoms with van der Waals surface area (Å²) in [5.74, 6) is -0.219. The quantitative estimate of drug-likeness (QED) is 0.704. The molecule has 2 nitrogen and oxygen atoms in total. The zero-order chi connectivity index (χ0) is 9.10. The molecule has 0 amide bonds. The van der Waals surface area contributed by atoms with Gasteiger partial charge in [0.1, 0.15) is 12.1 Å². The van der Waals surface area contributed by atoms with Crippen LogP contribution in [0.5, 0.6) is 0 Å². The van der Waals surface area contributed by atoms with E-state index in [0.29, 0.717) is 6.42 Å². The average molecular weight is 177 g/mol. The van der Waals surface area contributed by atoms with Gasteiger partial charge < -0.3 is 4.52 Å². The van der Waals surface area contributed by atoms with Gasteiger partial charge in [-0.25, -0.2) is 4.39 Å². The Morgan fingerprint density at radius 1 is 1.15 bits per heavy atom. The van der Waals surface area contributed by atoms with Crippen LogP contribution in [0.2, 0.25) is 0 Å². The molecule has 0 unspecified atom stereocenters. The molecular weight excluding hydrogens is 169 g/mol. The van der Waals surface area contributed by atoms with E-state index in [9.17, 15) is 4.39 Å². The molecule has 1 aromatic carbocycles. The molecule has 0 saturated carbocycles. The van der Waals surface area contributed by atoms with Crippen LogP contribution in [-0.2, 0) is 6.42 Å². The normalized spacial score (nSPS) is 10.2. The van der Waals surface area contributed by atoms with E-state index in [1.54, 1.807) is 18.2 Å². The van der Waals surface area contributed by atoms with E-state index >= 15 is 0 Å². The third kappa shape index (κ3) is 1.93. The highest BCUT2D eigenvalue weighted by Crippen LogP contribution is 2.08. The Morgan fingerprint density at radius 2 is 1.92 bits per heavy atom. The van der Waals surface area contributed by atoms with Crippen LogP contribution < -0.4 is 0 Å². The van der Waals surface area contributed by atoms with Crippen LogP contribution in [-0.4, -0.2) is 5.16 Å². The maximum Gasteiger partial charge on any atom is 0.124 e. The van der Waals surface area contributed by atoms with Crippen molar-refractivity contribution in [3.05, 3.63) is 53.7 Å². The van der Waals surface area contributed by atoms with Crippen LogP contribution in [0, 0.1) is 5.82 Å². The number of benzene rings is 1. The second-order valence-electron chi connectivity index (χ2n) is 2.79. The lowest BCUT2D eigenvalue weighted by Crippen LogP contribution is -1.87. The van der Waals surface area contributed by atoms with E-state index < -0.39 is 0 Å². The lowest BCUT2D eigenvalue weighted by molar-refractivity contribution is 0.413. The van der Waals surface area contributed by atoms with Gasteiger partial charge in [-0.05, 0) is 17.7 Å². The molecule has 66 valence electrons. The molecule has 0 fully saturated rings. The van der Waals surface area contributed by atoms with Crippen molar-refractivity contribution in [2.45, 2.75) is 6.42 Å². The summed E-state index contributed by atoms with van der Waals surface area (Å²) in [6, 6.07) is 8.15. The molecule has 13 heavy (non-hydrogen) atoms. The van der Waals surface area contributed by atoms with Crippen molar-refractivity contribution in [2.75, 3.05) is 0 Å². The number of rotatable bonds is 2. The molecule has 3 heteroatoms. The fourth-order valence-electron chi connectivity index (χ4n) is 1.14. The molecule has 0 saturated heterocycles. The molecule has 0 spiro atoms. The SMILES string of the molecule is Fc1ccc(Cc2ccon2)cc1. The first-order chi connectivity index (χ1) is 6.34. The van der Waals surface area contributed by atoms with Gasteiger partial charge in [-0.1, -0.05) is 17.3 Å². The highest BCUT2D eigenvalue weighted by atomic mass is 19.1. The summed E-state index contributed by atoms with van der Waals surface area (Å²) >= 11 is 0. The van der Waals surface area contributed by atoms with Gasteiger partial charge in [-0.2, -0.15) is 0 Å². The predicted molar refractivity (Wildman–Crippen MR) is 45.7 cm³/mol. The van der Waals surface area contributed by atoms with E-state index in [0.717, 1.165) is 11.3 Å². The third-order valence-electron chi connectivity index (χ3n) is 1.79. The topological polar surface area (TPSA) is 26.0 Å². The van der Waals surface area contributed by atoms with Crippen LogP contribution >= 0.6 is 0 Å². The third-order valence-corrected chi connectivity index (χ3v) is 1.79. The Balaban J connectivity index is 2.15. The first kappa shape index (κ1) is 7.98. The fraction of sp³-hybridized carbons (Fsp3) is 0.100. The smallest absolute Gasteiger partial charge is 0.124 e. The Bertz CT molecular complexity index is 366. The molecule has 1 heterocycles. The van der Waals surface area contributed by atoms with Gasteiger partial charge in [0, 0.05) is 12.5 Å². The van der Waals surface area contributed by atoms with Gasteiger partial charge in [0.25, 0.3) is 0 Å². The summed E-state index contributed by atoms with van der Waals surface area (Å²) in [5, 5.41) is 3.77. The maximum absolute atomic E-state index is 12.5. The Morgan fingerprint density at radius 3 is 2.54 bits per heavy atom. The standard InChI is InChI=1S/C10H8FNO/c11-9-3-1-8(2-4-9)7-10-5-6-13-12-10/h1-6H,7H2. The van der Waals surface area contributed by atoms with Crippen LogP contribution in [0.3, 0.4) is 0 Å². The van der Waals surface area contributed by atoms with E-state index in [1.165, 1.54) is 18.4 Å². The maximum atomic E-state index is 12.5. The summed E-state index contributed by atoms with van der Waals surface area (Å²) in [5.41, 5.74) is 1.88. The van der Waals surface area contributed by atoms with Gasteiger partial charge >= 0.3 is 0 Å². The summed E-state index contributed by atoms with van der Waals surface area (Å²) < 4.78 is 17.2. The van der Waals surface area contributed by atoms with Gasteiger partial charge in [0.15, 0.2) is 0 Å². The molecule has 0 aliphatic carbocycles. The average Bonchev–Trinajstić information content (AvgIpc) is 2.62. The first-order valence-corrected chi connectivity index (χ1v) is 3.98. The molecule has 0 aliphatic heterocycles. The van der Waals surface area contributed by atoms with Crippen molar-refractivity contribution >= 4 is 0 Å². The van der Waals surface area contributed by atoms with Gasteiger partial charge in [0.05, 0.1) is 5.69 Å². The van der Waals surface area contributed by atoms with E-state index in [2.05, 4.69) is 9.68 Å². The molecule has 0 aliphatic rings. The van der Waals surface area contributed by atoms with Crippen LogP contribution in [0.4, 0.5) is 4.39 Å². The zero-order valence-corrected chi connectivity index (χ0v) is 6.90. The Kier molecular flexibility index (Phi) is 2.08. The first-order valence-electron chi connectivity index (χ1n) is 3.98. The number of hydrogen-bond acceptors (Lipinski definition) is 2. The zero-order valence-electron chi connectivity index (χ0n) is 6.90. The van der Waals surface area contributed by atoms with Crippen LogP contribution in [0.25, 0.3) is 0 Å². The summed E-state index contributed by atoms with van der Waals surface area (Å²) in [4.78, 5) is 0.